The Balaban J connectivity index is 1.95. The maximum Gasteiger partial charge on any atom is 0.349 e. The Morgan fingerprint density at radius 1 is 1.20 bits per heavy atom. The van der Waals surface area contributed by atoms with Gasteiger partial charge in [0.1, 0.15) is 5.76 Å². The molecule has 3 rings (SSSR count). The standard InChI is InChI=1S/C15H13NO4/c1-18-15(17)13-12(11-8-5-9-19-11)16-14(20-13)10-6-3-2-4-7-10/h2-9,12-13H,1H3/t12-,13?/m0/s1. The van der Waals surface area contributed by atoms with E-state index in [4.69, 9.17) is 13.9 Å². The molecular formula is C15H13NO4. The lowest BCUT2D eigenvalue weighted by Crippen LogP contribution is -2.28. The van der Waals surface area contributed by atoms with Crippen LogP contribution in [0, 0.1) is 0 Å². The summed E-state index contributed by atoms with van der Waals surface area (Å²) in [7, 11) is 1.32. The first kappa shape index (κ1) is 12.5. The first-order valence-corrected chi connectivity index (χ1v) is 6.20. The number of methoxy groups -OCH3 is 1. The molecule has 5 heteroatoms. The van der Waals surface area contributed by atoms with Crippen LogP contribution < -0.4 is 0 Å². The van der Waals surface area contributed by atoms with Crippen molar-refractivity contribution in [1.29, 1.82) is 0 Å². The molecule has 1 aliphatic rings. The lowest BCUT2D eigenvalue weighted by molar-refractivity contribution is -0.149. The Kier molecular flexibility index (Phi) is 3.25. The Morgan fingerprint density at radius 3 is 2.65 bits per heavy atom. The summed E-state index contributed by atoms with van der Waals surface area (Å²) in [5, 5.41) is 0. The molecule has 1 aromatic heterocycles. The summed E-state index contributed by atoms with van der Waals surface area (Å²) in [6.45, 7) is 0. The fourth-order valence-corrected chi connectivity index (χ4v) is 2.10. The first-order valence-electron chi connectivity index (χ1n) is 6.20. The Labute approximate surface area is 115 Å². The molecule has 2 atom stereocenters. The normalized spacial score (nSPS) is 21.1. The molecule has 0 radical (unpaired) electrons. The second-order valence-electron chi connectivity index (χ2n) is 4.32. The van der Waals surface area contributed by atoms with Gasteiger partial charge in [0.25, 0.3) is 0 Å². The van der Waals surface area contributed by atoms with Crippen molar-refractivity contribution in [2.75, 3.05) is 7.11 Å². The highest BCUT2D eigenvalue weighted by Crippen LogP contribution is 2.31. The minimum Gasteiger partial charge on any atom is -0.467 e. The van der Waals surface area contributed by atoms with E-state index in [1.165, 1.54) is 7.11 Å². The van der Waals surface area contributed by atoms with E-state index in [9.17, 15) is 4.79 Å². The van der Waals surface area contributed by atoms with Crippen LogP contribution in [0.1, 0.15) is 17.4 Å². The van der Waals surface area contributed by atoms with Crippen LogP contribution in [0.5, 0.6) is 0 Å². The van der Waals surface area contributed by atoms with Crippen molar-refractivity contribution < 1.29 is 18.7 Å². The van der Waals surface area contributed by atoms with Gasteiger partial charge in [0.15, 0.2) is 6.04 Å². The zero-order chi connectivity index (χ0) is 13.9. The molecule has 0 saturated carbocycles. The van der Waals surface area contributed by atoms with Gasteiger partial charge in [-0.2, -0.15) is 0 Å². The van der Waals surface area contributed by atoms with Crippen LogP contribution in [-0.4, -0.2) is 25.1 Å². The van der Waals surface area contributed by atoms with Gasteiger partial charge in [-0.25, -0.2) is 9.79 Å². The minimum absolute atomic E-state index is 0.419. The Hall–Kier alpha value is -2.56. The summed E-state index contributed by atoms with van der Waals surface area (Å²) in [6, 6.07) is 12.4. The Morgan fingerprint density at radius 2 is 2.00 bits per heavy atom. The van der Waals surface area contributed by atoms with Crippen LogP contribution in [0.2, 0.25) is 0 Å². The van der Waals surface area contributed by atoms with Crippen molar-refractivity contribution in [3.63, 3.8) is 0 Å². The number of ether oxygens (including phenoxy) is 2. The van der Waals surface area contributed by atoms with Crippen LogP contribution in [0.15, 0.2) is 58.1 Å². The van der Waals surface area contributed by atoms with E-state index in [1.54, 1.807) is 18.4 Å². The SMILES string of the molecule is COC(=O)C1OC(c2ccccc2)=N[C@H]1c1ccco1. The number of benzene rings is 1. The smallest absolute Gasteiger partial charge is 0.349 e. The summed E-state index contributed by atoms with van der Waals surface area (Å²) in [5.74, 6) is 0.523. The average Bonchev–Trinajstić information content (AvgIpc) is 3.16. The molecule has 20 heavy (non-hydrogen) atoms. The van der Waals surface area contributed by atoms with Crippen molar-refractivity contribution in [3.05, 3.63) is 60.1 Å². The number of aliphatic imine (C=N–C) groups is 1. The molecule has 0 saturated heterocycles. The number of hydrogen-bond acceptors (Lipinski definition) is 5. The summed E-state index contributed by atoms with van der Waals surface area (Å²) in [5.41, 5.74) is 0.815. The predicted octanol–water partition coefficient (Wildman–Crippen LogP) is 2.34. The lowest BCUT2D eigenvalue weighted by Gasteiger charge is -2.13. The molecule has 0 aliphatic carbocycles. The summed E-state index contributed by atoms with van der Waals surface area (Å²) >= 11 is 0. The summed E-state index contributed by atoms with van der Waals surface area (Å²) in [4.78, 5) is 16.3. The second-order valence-corrected chi connectivity index (χ2v) is 4.32. The largest absolute Gasteiger partial charge is 0.467 e. The van der Waals surface area contributed by atoms with E-state index in [0.29, 0.717) is 11.7 Å². The third-order valence-electron chi connectivity index (χ3n) is 3.07. The topological polar surface area (TPSA) is 61.0 Å². The van der Waals surface area contributed by atoms with Crippen molar-refractivity contribution >= 4 is 11.9 Å². The third-order valence-corrected chi connectivity index (χ3v) is 3.07. The fourth-order valence-electron chi connectivity index (χ4n) is 2.10. The first-order chi connectivity index (χ1) is 9.79. The zero-order valence-corrected chi connectivity index (χ0v) is 10.9. The van der Waals surface area contributed by atoms with Gasteiger partial charge in [-0.3, -0.25) is 0 Å². The van der Waals surface area contributed by atoms with Gasteiger partial charge in [-0.15, -0.1) is 0 Å². The Bertz CT molecular complexity index is 619. The van der Waals surface area contributed by atoms with Gasteiger partial charge in [0.2, 0.25) is 12.0 Å². The summed E-state index contributed by atoms with van der Waals surface area (Å²) in [6.07, 6.45) is 0.723. The molecule has 1 aromatic carbocycles. The number of carbonyl (C=O) groups excluding carboxylic acids is 1. The maximum absolute atomic E-state index is 11.8. The van der Waals surface area contributed by atoms with E-state index in [0.717, 1.165) is 5.56 Å². The molecule has 1 unspecified atom stereocenters. The van der Waals surface area contributed by atoms with Crippen LogP contribution in [-0.2, 0) is 14.3 Å². The molecule has 0 bridgehead atoms. The van der Waals surface area contributed by atoms with Gasteiger partial charge >= 0.3 is 5.97 Å². The van der Waals surface area contributed by atoms with E-state index >= 15 is 0 Å². The molecule has 5 nitrogen and oxygen atoms in total. The van der Waals surface area contributed by atoms with Crippen LogP contribution in [0.25, 0.3) is 0 Å². The number of furan rings is 1. The maximum atomic E-state index is 11.8. The van der Waals surface area contributed by atoms with Gasteiger partial charge in [0.05, 0.1) is 13.4 Å². The monoisotopic (exact) mass is 271 g/mol. The van der Waals surface area contributed by atoms with Crippen LogP contribution in [0.3, 0.4) is 0 Å². The third kappa shape index (κ3) is 2.18. The van der Waals surface area contributed by atoms with Gasteiger partial charge < -0.3 is 13.9 Å². The van der Waals surface area contributed by atoms with Gasteiger partial charge in [-0.1, -0.05) is 18.2 Å². The lowest BCUT2D eigenvalue weighted by atomic mass is 10.1. The fraction of sp³-hybridized carbons (Fsp3) is 0.200. The number of esters is 1. The molecule has 0 N–H and O–H groups in total. The molecule has 0 spiro atoms. The zero-order valence-electron chi connectivity index (χ0n) is 10.9. The molecule has 1 aliphatic heterocycles. The van der Waals surface area contributed by atoms with Gasteiger partial charge in [0, 0.05) is 5.56 Å². The van der Waals surface area contributed by atoms with Crippen molar-refractivity contribution in [2.24, 2.45) is 4.99 Å². The van der Waals surface area contributed by atoms with Crippen molar-refractivity contribution in [1.82, 2.24) is 0 Å². The van der Waals surface area contributed by atoms with Crippen LogP contribution in [0.4, 0.5) is 0 Å². The molecule has 102 valence electrons. The van der Waals surface area contributed by atoms with Gasteiger partial charge in [-0.05, 0) is 24.3 Å². The highest BCUT2D eigenvalue weighted by Gasteiger charge is 2.40. The number of nitrogens with zero attached hydrogens (tertiary/aromatic N) is 1. The molecule has 0 amide bonds. The van der Waals surface area contributed by atoms with E-state index < -0.39 is 18.1 Å². The van der Waals surface area contributed by atoms with Crippen LogP contribution >= 0.6 is 0 Å². The minimum atomic E-state index is -0.818. The van der Waals surface area contributed by atoms with Crippen molar-refractivity contribution in [2.45, 2.75) is 12.1 Å². The van der Waals surface area contributed by atoms with E-state index in [1.807, 2.05) is 30.3 Å². The second kappa shape index (κ2) is 5.21. The quantitative estimate of drug-likeness (QED) is 0.804. The molecule has 2 heterocycles. The molecular weight excluding hydrogens is 258 g/mol. The number of rotatable bonds is 3. The highest BCUT2D eigenvalue weighted by molar-refractivity contribution is 5.97. The number of carbonyl (C=O) groups is 1. The highest BCUT2D eigenvalue weighted by atomic mass is 16.6. The number of hydrogen-bond donors (Lipinski definition) is 0. The van der Waals surface area contributed by atoms with E-state index in [-0.39, 0.29) is 0 Å². The van der Waals surface area contributed by atoms with Crippen molar-refractivity contribution in [3.8, 4) is 0 Å². The molecule has 2 aromatic rings. The van der Waals surface area contributed by atoms with E-state index in [2.05, 4.69) is 4.99 Å². The predicted molar refractivity (Wildman–Crippen MR) is 71.3 cm³/mol. The molecule has 0 fully saturated rings. The summed E-state index contributed by atoms with van der Waals surface area (Å²) < 4.78 is 15.8. The average molecular weight is 271 g/mol.